The van der Waals surface area contributed by atoms with Gasteiger partial charge in [-0.25, -0.2) is 0 Å². The molecule has 1 aromatic carbocycles. The lowest BCUT2D eigenvalue weighted by atomic mass is 9.66. The molecule has 2 unspecified atom stereocenters. The standard InChI is InChI=1S/C27H34/c1-6-7-22-10-16-25(17-11-22)27(5,24-14-8-21(4)9-15-24)26-18-12-23(13-19-26)20(2)3/h8,10-12,14,16-19,23H,2,6-7,9,13,15H2,1,3-5H3. The molecule has 0 heterocycles. The van der Waals surface area contributed by atoms with E-state index in [1.165, 1.54) is 46.3 Å². The van der Waals surface area contributed by atoms with Crippen LogP contribution in [0.1, 0.15) is 64.5 Å². The lowest BCUT2D eigenvalue weighted by Crippen LogP contribution is -2.29. The summed E-state index contributed by atoms with van der Waals surface area (Å²) in [6, 6.07) is 9.36. The summed E-state index contributed by atoms with van der Waals surface area (Å²) < 4.78 is 0. The minimum Gasteiger partial charge on any atom is -0.0995 e. The minimum atomic E-state index is -0.0571. The van der Waals surface area contributed by atoms with Crippen molar-refractivity contribution >= 4 is 0 Å². The van der Waals surface area contributed by atoms with Crippen LogP contribution in [0.4, 0.5) is 0 Å². The normalized spacial score (nSPS) is 21.8. The van der Waals surface area contributed by atoms with Gasteiger partial charge in [0.15, 0.2) is 0 Å². The third-order valence-electron chi connectivity index (χ3n) is 6.38. The van der Waals surface area contributed by atoms with Crippen molar-refractivity contribution in [2.45, 2.75) is 65.2 Å². The molecule has 0 fully saturated rings. The van der Waals surface area contributed by atoms with E-state index in [0.29, 0.717) is 5.92 Å². The van der Waals surface area contributed by atoms with Crippen LogP contribution in [0, 0.1) is 5.92 Å². The van der Waals surface area contributed by atoms with Gasteiger partial charge in [-0.05, 0) is 63.2 Å². The Kier molecular flexibility index (Phi) is 6.05. The summed E-state index contributed by atoms with van der Waals surface area (Å²) in [6.45, 7) is 13.2. The second kappa shape index (κ2) is 8.30. The summed E-state index contributed by atoms with van der Waals surface area (Å²) >= 11 is 0. The molecule has 3 rings (SSSR count). The highest BCUT2D eigenvalue weighted by atomic mass is 14.4. The van der Waals surface area contributed by atoms with Crippen LogP contribution in [-0.4, -0.2) is 0 Å². The van der Waals surface area contributed by atoms with E-state index in [4.69, 9.17) is 0 Å². The number of benzene rings is 1. The molecule has 0 saturated carbocycles. The topological polar surface area (TPSA) is 0 Å². The van der Waals surface area contributed by atoms with Gasteiger partial charge >= 0.3 is 0 Å². The first kappa shape index (κ1) is 19.7. The molecule has 27 heavy (non-hydrogen) atoms. The fourth-order valence-corrected chi connectivity index (χ4v) is 4.35. The van der Waals surface area contributed by atoms with Gasteiger partial charge in [0.05, 0.1) is 0 Å². The Balaban J connectivity index is 2.02. The van der Waals surface area contributed by atoms with Crippen molar-refractivity contribution in [1.82, 2.24) is 0 Å². The molecule has 0 radical (unpaired) electrons. The van der Waals surface area contributed by atoms with Crippen LogP contribution in [0.3, 0.4) is 0 Å². The molecular formula is C27H34. The first-order chi connectivity index (χ1) is 12.9. The first-order valence-corrected chi connectivity index (χ1v) is 10.5. The number of aryl methyl sites for hydroxylation is 1. The van der Waals surface area contributed by atoms with Crippen molar-refractivity contribution < 1.29 is 0 Å². The monoisotopic (exact) mass is 358 g/mol. The van der Waals surface area contributed by atoms with E-state index in [1.807, 2.05) is 0 Å². The molecule has 1 aromatic rings. The Morgan fingerprint density at radius 2 is 1.89 bits per heavy atom. The average molecular weight is 359 g/mol. The summed E-state index contributed by atoms with van der Waals surface area (Å²) in [7, 11) is 0. The highest BCUT2D eigenvalue weighted by Gasteiger charge is 2.35. The van der Waals surface area contributed by atoms with Gasteiger partial charge in [-0.1, -0.05) is 91.3 Å². The zero-order chi connectivity index (χ0) is 19.4. The molecule has 0 amide bonds. The van der Waals surface area contributed by atoms with Crippen LogP contribution in [0.2, 0.25) is 0 Å². The number of allylic oxidation sites excluding steroid dienone is 9. The van der Waals surface area contributed by atoms with Gasteiger partial charge in [0.1, 0.15) is 0 Å². The Morgan fingerprint density at radius 1 is 1.15 bits per heavy atom. The first-order valence-electron chi connectivity index (χ1n) is 10.5. The molecule has 2 aliphatic carbocycles. The molecule has 0 N–H and O–H groups in total. The van der Waals surface area contributed by atoms with Crippen molar-refractivity contribution in [3.8, 4) is 0 Å². The lowest BCUT2D eigenvalue weighted by Gasteiger charge is -2.38. The number of rotatable bonds is 6. The molecule has 0 heteroatoms. The molecule has 0 bridgehead atoms. The van der Waals surface area contributed by atoms with Crippen molar-refractivity contribution in [2.75, 3.05) is 0 Å². The molecule has 142 valence electrons. The summed E-state index contributed by atoms with van der Waals surface area (Å²) in [4.78, 5) is 0. The smallest absolute Gasteiger partial charge is 0.0382 e. The molecule has 2 aliphatic rings. The number of hydrogen-bond donors (Lipinski definition) is 0. The van der Waals surface area contributed by atoms with Gasteiger partial charge in [-0.3, -0.25) is 0 Å². The second-order valence-corrected chi connectivity index (χ2v) is 8.48. The Morgan fingerprint density at radius 3 is 2.41 bits per heavy atom. The summed E-state index contributed by atoms with van der Waals surface area (Å²) in [5.74, 6) is 0.479. The zero-order valence-electron chi connectivity index (χ0n) is 17.5. The molecule has 0 aliphatic heterocycles. The SMILES string of the molecule is C=C(C)C1C=CC(C(C)(C2=CC=C(C)CC2)c2ccc(CCC)cc2)=CC1. The molecule has 0 nitrogen and oxygen atoms in total. The average Bonchev–Trinajstić information content (AvgIpc) is 2.69. The summed E-state index contributed by atoms with van der Waals surface area (Å²) in [6.07, 6.45) is 17.6. The highest BCUT2D eigenvalue weighted by molar-refractivity contribution is 5.53. The molecule has 2 atom stereocenters. The van der Waals surface area contributed by atoms with E-state index in [2.05, 4.69) is 88.9 Å². The third-order valence-corrected chi connectivity index (χ3v) is 6.38. The van der Waals surface area contributed by atoms with Crippen molar-refractivity contribution in [3.05, 3.63) is 94.6 Å². The van der Waals surface area contributed by atoms with E-state index >= 15 is 0 Å². The quantitative estimate of drug-likeness (QED) is 0.458. The molecule has 0 saturated heterocycles. The van der Waals surface area contributed by atoms with Crippen LogP contribution in [0.5, 0.6) is 0 Å². The van der Waals surface area contributed by atoms with Gasteiger partial charge in [0.2, 0.25) is 0 Å². The maximum atomic E-state index is 4.15. The maximum absolute atomic E-state index is 4.15. The zero-order valence-corrected chi connectivity index (χ0v) is 17.5. The van der Waals surface area contributed by atoms with E-state index < -0.39 is 0 Å². The van der Waals surface area contributed by atoms with Crippen molar-refractivity contribution in [2.24, 2.45) is 5.92 Å². The minimum absolute atomic E-state index is 0.0571. The van der Waals surface area contributed by atoms with Crippen LogP contribution in [-0.2, 0) is 11.8 Å². The summed E-state index contributed by atoms with van der Waals surface area (Å²) in [5, 5.41) is 0. The van der Waals surface area contributed by atoms with Gasteiger partial charge < -0.3 is 0 Å². The van der Waals surface area contributed by atoms with Crippen LogP contribution < -0.4 is 0 Å². The third kappa shape index (κ3) is 4.10. The van der Waals surface area contributed by atoms with Crippen LogP contribution in [0.15, 0.2) is 83.5 Å². The van der Waals surface area contributed by atoms with E-state index in [9.17, 15) is 0 Å². The highest BCUT2D eigenvalue weighted by Crippen LogP contribution is 2.45. The Bertz CT molecular complexity index is 810. The van der Waals surface area contributed by atoms with E-state index in [0.717, 1.165) is 19.3 Å². The van der Waals surface area contributed by atoms with Crippen molar-refractivity contribution in [3.63, 3.8) is 0 Å². The predicted octanol–water partition coefficient (Wildman–Crippen LogP) is 7.64. The Labute approximate surface area is 166 Å². The fraction of sp³-hybridized carbons (Fsp3) is 0.407. The van der Waals surface area contributed by atoms with E-state index in [1.54, 1.807) is 0 Å². The lowest BCUT2D eigenvalue weighted by molar-refractivity contribution is 0.612. The largest absolute Gasteiger partial charge is 0.0995 e. The van der Waals surface area contributed by atoms with Gasteiger partial charge in [-0.15, -0.1) is 0 Å². The summed E-state index contributed by atoms with van der Waals surface area (Å²) in [5.41, 5.74) is 8.48. The van der Waals surface area contributed by atoms with Gasteiger partial charge in [-0.2, -0.15) is 0 Å². The number of hydrogen-bond acceptors (Lipinski definition) is 0. The molecule has 0 spiro atoms. The molecular weight excluding hydrogens is 324 g/mol. The fourth-order valence-electron chi connectivity index (χ4n) is 4.35. The van der Waals surface area contributed by atoms with Crippen LogP contribution in [0.25, 0.3) is 0 Å². The second-order valence-electron chi connectivity index (χ2n) is 8.48. The van der Waals surface area contributed by atoms with Gasteiger partial charge in [0, 0.05) is 11.3 Å². The Hall–Kier alpha value is -2.08. The van der Waals surface area contributed by atoms with Crippen molar-refractivity contribution in [1.29, 1.82) is 0 Å². The van der Waals surface area contributed by atoms with Gasteiger partial charge in [0.25, 0.3) is 0 Å². The predicted molar refractivity (Wildman–Crippen MR) is 119 cm³/mol. The van der Waals surface area contributed by atoms with Crippen LogP contribution >= 0.6 is 0 Å². The molecule has 0 aromatic heterocycles. The maximum Gasteiger partial charge on any atom is 0.0382 e. The van der Waals surface area contributed by atoms with E-state index in [-0.39, 0.29) is 5.41 Å².